The van der Waals surface area contributed by atoms with E-state index in [0.29, 0.717) is 0 Å². The van der Waals surface area contributed by atoms with Crippen LogP contribution in [-0.2, 0) is 19.1 Å². The standard InChI is InChI=1S/C14H19F2N3O4/c15-14(16,5-17)6-18-9(20)3-4-19-12(21)10-7-1-2-8(23-7)11(10)13(19)22/h7-8,10-11H,1-6,17H2,(H,18,20). The Balaban J connectivity index is 1.52. The minimum Gasteiger partial charge on any atom is -0.373 e. The molecule has 0 aromatic rings. The second-order valence-electron chi connectivity index (χ2n) is 6.26. The molecule has 3 N–H and O–H groups in total. The first-order valence-electron chi connectivity index (χ1n) is 7.69. The highest BCUT2D eigenvalue weighted by molar-refractivity contribution is 6.06. The van der Waals surface area contributed by atoms with E-state index in [1.54, 1.807) is 0 Å². The van der Waals surface area contributed by atoms with Crippen LogP contribution < -0.4 is 11.1 Å². The lowest BCUT2D eigenvalue weighted by Gasteiger charge is -2.18. The first-order valence-corrected chi connectivity index (χ1v) is 7.69. The van der Waals surface area contributed by atoms with Gasteiger partial charge in [-0.15, -0.1) is 0 Å². The van der Waals surface area contributed by atoms with E-state index in [1.807, 2.05) is 0 Å². The average molecular weight is 331 g/mol. The molecule has 23 heavy (non-hydrogen) atoms. The number of fused-ring (bicyclic) bond motifs is 5. The molecule has 3 heterocycles. The summed E-state index contributed by atoms with van der Waals surface area (Å²) in [5, 5.41) is 2.06. The van der Waals surface area contributed by atoms with Crippen molar-refractivity contribution in [2.24, 2.45) is 17.6 Å². The third kappa shape index (κ3) is 2.83. The molecule has 7 nitrogen and oxygen atoms in total. The minimum atomic E-state index is -3.16. The van der Waals surface area contributed by atoms with E-state index in [2.05, 4.69) is 5.32 Å². The van der Waals surface area contributed by atoms with E-state index in [0.717, 1.165) is 17.7 Å². The monoisotopic (exact) mass is 331 g/mol. The number of hydrogen-bond acceptors (Lipinski definition) is 5. The van der Waals surface area contributed by atoms with Gasteiger partial charge in [0.15, 0.2) is 0 Å². The molecule has 128 valence electrons. The Morgan fingerprint density at radius 3 is 2.35 bits per heavy atom. The van der Waals surface area contributed by atoms with Gasteiger partial charge in [-0.3, -0.25) is 19.3 Å². The third-order valence-electron chi connectivity index (χ3n) is 4.78. The first-order chi connectivity index (χ1) is 10.8. The Morgan fingerprint density at radius 2 is 1.83 bits per heavy atom. The number of halogens is 2. The predicted molar refractivity (Wildman–Crippen MR) is 73.2 cm³/mol. The van der Waals surface area contributed by atoms with Crippen LogP contribution in [0.15, 0.2) is 0 Å². The van der Waals surface area contributed by atoms with Gasteiger partial charge in [-0.1, -0.05) is 0 Å². The molecule has 3 fully saturated rings. The SMILES string of the molecule is NCC(F)(F)CNC(=O)CCN1C(=O)C2C3CCC(O3)C2C1=O. The molecule has 3 amide bonds. The van der Waals surface area contributed by atoms with E-state index in [4.69, 9.17) is 10.5 Å². The van der Waals surface area contributed by atoms with Crippen molar-refractivity contribution in [3.05, 3.63) is 0 Å². The highest BCUT2D eigenvalue weighted by Gasteiger charge is 2.62. The predicted octanol–water partition coefficient (Wildman–Crippen LogP) is -0.751. The fourth-order valence-electron chi connectivity index (χ4n) is 3.60. The number of ether oxygens (including phenoxy) is 1. The smallest absolute Gasteiger partial charge is 0.277 e. The van der Waals surface area contributed by atoms with Gasteiger partial charge in [-0.05, 0) is 12.8 Å². The van der Waals surface area contributed by atoms with Gasteiger partial charge in [-0.2, -0.15) is 0 Å². The van der Waals surface area contributed by atoms with Crippen molar-refractivity contribution in [3.8, 4) is 0 Å². The topological polar surface area (TPSA) is 102 Å². The lowest BCUT2D eigenvalue weighted by molar-refractivity contribution is -0.142. The molecule has 0 radical (unpaired) electrons. The maximum atomic E-state index is 13.0. The molecule has 0 spiro atoms. The molecule has 3 rings (SSSR count). The number of likely N-dealkylation sites (tertiary alicyclic amines) is 1. The van der Waals surface area contributed by atoms with Crippen molar-refractivity contribution in [2.45, 2.75) is 37.4 Å². The van der Waals surface area contributed by atoms with Crippen LogP contribution >= 0.6 is 0 Å². The van der Waals surface area contributed by atoms with Crippen molar-refractivity contribution in [3.63, 3.8) is 0 Å². The van der Waals surface area contributed by atoms with Crippen LogP contribution in [0.5, 0.6) is 0 Å². The molecule has 0 aliphatic carbocycles. The summed E-state index contributed by atoms with van der Waals surface area (Å²) in [6.07, 6.45) is 0.932. The fraction of sp³-hybridized carbons (Fsp3) is 0.786. The number of carbonyl (C=O) groups excluding carboxylic acids is 3. The van der Waals surface area contributed by atoms with E-state index in [9.17, 15) is 23.2 Å². The van der Waals surface area contributed by atoms with Crippen molar-refractivity contribution in [1.82, 2.24) is 10.2 Å². The Labute approximate surface area is 131 Å². The first kappa shape index (κ1) is 16.3. The van der Waals surface area contributed by atoms with Crippen LogP contribution in [0.1, 0.15) is 19.3 Å². The third-order valence-corrected chi connectivity index (χ3v) is 4.78. The highest BCUT2D eigenvalue weighted by atomic mass is 19.3. The van der Waals surface area contributed by atoms with Crippen LogP contribution in [-0.4, -0.2) is 60.4 Å². The molecule has 3 aliphatic heterocycles. The normalized spacial score (nSPS) is 32.6. The number of nitrogens with one attached hydrogen (secondary N) is 1. The summed E-state index contributed by atoms with van der Waals surface area (Å²) in [4.78, 5) is 37.3. The van der Waals surface area contributed by atoms with E-state index in [1.165, 1.54) is 0 Å². The average Bonchev–Trinajstić information content (AvgIpc) is 3.19. The fourth-order valence-corrected chi connectivity index (χ4v) is 3.60. The number of hydrogen-bond donors (Lipinski definition) is 2. The summed E-state index contributed by atoms with van der Waals surface area (Å²) >= 11 is 0. The van der Waals surface area contributed by atoms with Crippen molar-refractivity contribution in [1.29, 1.82) is 0 Å². The zero-order valence-corrected chi connectivity index (χ0v) is 12.5. The van der Waals surface area contributed by atoms with Crippen LogP contribution in [0, 0.1) is 11.8 Å². The molecule has 0 saturated carbocycles. The summed E-state index contributed by atoms with van der Waals surface area (Å²) < 4.78 is 31.5. The van der Waals surface area contributed by atoms with Gasteiger partial charge in [0.05, 0.1) is 37.1 Å². The van der Waals surface area contributed by atoms with Gasteiger partial charge in [0.25, 0.3) is 5.92 Å². The van der Waals surface area contributed by atoms with E-state index < -0.39 is 36.8 Å². The number of alkyl halides is 2. The summed E-state index contributed by atoms with van der Waals surface area (Å²) in [5.74, 6) is -5.31. The summed E-state index contributed by atoms with van der Waals surface area (Å²) in [6.45, 7) is -1.81. The Kier molecular flexibility index (Phi) is 4.09. The number of imide groups is 1. The largest absolute Gasteiger partial charge is 0.373 e. The van der Waals surface area contributed by atoms with Crippen molar-refractivity contribution >= 4 is 17.7 Å². The lowest BCUT2D eigenvalue weighted by atomic mass is 9.81. The number of nitrogens with two attached hydrogens (primary N) is 1. The molecule has 3 saturated heterocycles. The number of rotatable bonds is 6. The van der Waals surface area contributed by atoms with E-state index >= 15 is 0 Å². The number of amides is 3. The highest BCUT2D eigenvalue weighted by Crippen LogP contribution is 2.48. The minimum absolute atomic E-state index is 0.0931. The van der Waals surface area contributed by atoms with Crippen LogP contribution in [0.25, 0.3) is 0 Å². The zero-order chi connectivity index (χ0) is 16.8. The van der Waals surface area contributed by atoms with Gasteiger partial charge in [0.1, 0.15) is 0 Å². The van der Waals surface area contributed by atoms with E-state index in [-0.39, 0.29) is 37.0 Å². The molecule has 4 unspecified atom stereocenters. The lowest BCUT2D eigenvalue weighted by Crippen LogP contribution is -2.43. The molecule has 9 heteroatoms. The summed E-state index contributed by atoms with van der Waals surface area (Å²) in [7, 11) is 0. The van der Waals surface area contributed by atoms with Gasteiger partial charge >= 0.3 is 0 Å². The van der Waals surface area contributed by atoms with Gasteiger partial charge in [0, 0.05) is 13.0 Å². The number of nitrogens with zero attached hydrogens (tertiary/aromatic N) is 1. The zero-order valence-electron chi connectivity index (χ0n) is 12.5. The van der Waals surface area contributed by atoms with Gasteiger partial charge in [0.2, 0.25) is 17.7 Å². The molecular weight excluding hydrogens is 312 g/mol. The van der Waals surface area contributed by atoms with Gasteiger partial charge < -0.3 is 15.8 Å². The molecule has 0 aromatic heterocycles. The van der Waals surface area contributed by atoms with Crippen LogP contribution in [0.2, 0.25) is 0 Å². The molecule has 3 aliphatic rings. The maximum Gasteiger partial charge on any atom is 0.277 e. The molecule has 4 atom stereocenters. The Morgan fingerprint density at radius 1 is 1.26 bits per heavy atom. The van der Waals surface area contributed by atoms with Crippen molar-refractivity contribution < 1.29 is 27.9 Å². The Hall–Kier alpha value is -1.61. The maximum absolute atomic E-state index is 13.0. The summed E-state index contributed by atoms with van der Waals surface area (Å²) in [5.41, 5.74) is 4.88. The second-order valence-corrected chi connectivity index (χ2v) is 6.26. The molecule has 0 aromatic carbocycles. The van der Waals surface area contributed by atoms with Crippen LogP contribution in [0.4, 0.5) is 8.78 Å². The molecule has 2 bridgehead atoms. The molecular formula is C14H19F2N3O4. The Bertz CT molecular complexity index is 514. The second kappa shape index (κ2) is 5.79. The van der Waals surface area contributed by atoms with Crippen molar-refractivity contribution in [2.75, 3.05) is 19.6 Å². The quantitative estimate of drug-likeness (QED) is 0.624. The van der Waals surface area contributed by atoms with Gasteiger partial charge in [-0.25, -0.2) is 8.78 Å². The summed E-state index contributed by atoms with van der Waals surface area (Å²) in [6, 6.07) is 0. The van der Waals surface area contributed by atoms with Crippen LogP contribution in [0.3, 0.4) is 0 Å². The number of carbonyl (C=O) groups is 3.